The Hall–Kier alpha value is -1.78. The van der Waals surface area contributed by atoms with Crippen molar-refractivity contribution in [2.24, 2.45) is 0 Å². The lowest BCUT2D eigenvalue weighted by atomic mass is 10.3. The maximum atomic E-state index is 11.3. The number of nitrogen functional groups attached to an aromatic ring is 1. The quantitative estimate of drug-likeness (QED) is 0.691. The Morgan fingerprint density at radius 2 is 2.31 bits per heavy atom. The molecule has 0 atom stereocenters. The summed E-state index contributed by atoms with van der Waals surface area (Å²) >= 11 is 0. The van der Waals surface area contributed by atoms with Crippen molar-refractivity contribution in [3.05, 3.63) is 17.8 Å². The van der Waals surface area contributed by atoms with Gasteiger partial charge in [0.15, 0.2) is 0 Å². The fourth-order valence-electron chi connectivity index (χ4n) is 1.23. The molecule has 0 saturated carbocycles. The van der Waals surface area contributed by atoms with E-state index in [1.54, 1.807) is 6.20 Å². The Morgan fingerprint density at radius 1 is 1.56 bits per heavy atom. The van der Waals surface area contributed by atoms with Crippen LogP contribution in [0.5, 0.6) is 0 Å². The normalized spacial score (nSPS) is 9.88. The van der Waals surface area contributed by atoms with Gasteiger partial charge in [-0.05, 0) is 25.0 Å². The Morgan fingerprint density at radius 3 is 2.94 bits per heavy atom. The number of nitrogens with two attached hydrogens (primary N) is 1. The molecule has 1 aromatic heterocycles. The third-order valence-electron chi connectivity index (χ3n) is 2.04. The van der Waals surface area contributed by atoms with E-state index in [0.29, 0.717) is 18.1 Å². The number of carbonyl (C=O) groups is 1. The summed E-state index contributed by atoms with van der Waals surface area (Å²) in [5.74, 6) is 0.501. The van der Waals surface area contributed by atoms with Gasteiger partial charge in [0.2, 0.25) is 5.91 Å². The van der Waals surface area contributed by atoms with Gasteiger partial charge in [-0.25, -0.2) is 4.98 Å². The molecule has 0 unspecified atom stereocenters. The fraction of sp³-hybridized carbons (Fsp3) is 0.455. The lowest BCUT2D eigenvalue weighted by Gasteiger charge is -2.08. The molecule has 16 heavy (non-hydrogen) atoms. The molecular formula is C11H18N4O. The summed E-state index contributed by atoms with van der Waals surface area (Å²) < 4.78 is 0. The van der Waals surface area contributed by atoms with Gasteiger partial charge < -0.3 is 16.4 Å². The first-order valence-electron chi connectivity index (χ1n) is 5.36. The average Bonchev–Trinajstić information content (AvgIpc) is 2.25. The van der Waals surface area contributed by atoms with E-state index in [-0.39, 0.29) is 12.5 Å². The predicted octanol–water partition coefficient (Wildman–Crippen LogP) is 0.910. The molecule has 0 radical (unpaired) electrons. The molecule has 0 aliphatic rings. The highest BCUT2D eigenvalue weighted by molar-refractivity contribution is 5.81. The Kier molecular flexibility index (Phi) is 4.57. The number of pyridine rings is 1. The fourth-order valence-corrected chi connectivity index (χ4v) is 1.23. The SMILES string of the molecule is CCCNC(=O)CNc1ncc(C)cc1N. The van der Waals surface area contributed by atoms with Gasteiger partial charge in [-0.15, -0.1) is 0 Å². The second-order valence-corrected chi connectivity index (χ2v) is 3.65. The van der Waals surface area contributed by atoms with Crippen molar-refractivity contribution in [2.75, 3.05) is 24.1 Å². The number of hydrogen-bond donors (Lipinski definition) is 3. The van der Waals surface area contributed by atoms with Crippen LogP contribution in [-0.2, 0) is 4.79 Å². The van der Waals surface area contributed by atoms with Crippen LogP contribution in [0, 0.1) is 6.92 Å². The third kappa shape index (κ3) is 3.76. The average molecular weight is 222 g/mol. The van der Waals surface area contributed by atoms with E-state index in [2.05, 4.69) is 15.6 Å². The van der Waals surface area contributed by atoms with Gasteiger partial charge in [-0.3, -0.25) is 4.79 Å². The van der Waals surface area contributed by atoms with E-state index >= 15 is 0 Å². The van der Waals surface area contributed by atoms with Gasteiger partial charge in [0.05, 0.1) is 12.2 Å². The molecule has 0 spiro atoms. The van der Waals surface area contributed by atoms with E-state index in [0.717, 1.165) is 12.0 Å². The molecule has 5 heteroatoms. The minimum absolute atomic E-state index is 0.0522. The number of aromatic nitrogens is 1. The van der Waals surface area contributed by atoms with E-state index in [1.807, 2.05) is 19.9 Å². The Labute approximate surface area is 95.4 Å². The van der Waals surface area contributed by atoms with Crippen LogP contribution in [0.2, 0.25) is 0 Å². The zero-order chi connectivity index (χ0) is 12.0. The van der Waals surface area contributed by atoms with Crippen molar-refractivity contribution in [3.63, 3.8) is 0 Å². The molecule has 4 N–H and O–H groups in total. The molecule has 0 aliphatic carbocycles. The van der Waals surface area contributed by atoms with Crippen molar-refractivity contribution in [2.45, 2.75) is 20.3 Å². The smallest absolute Gasteiger partial charge is 0.239 e. The highest BCUT2D eigenvalue weighted by Crippen LogP contribution is 2.14. The molecule has 0 aromatic carbocycles. The summed E-state index contributed by atoms with van der Waals surface area (Å²) in [7, 11) is 0. The van der Waals surface area contributed by atoms with E-state index in [1.165, 1.54) is 0 Å². The molecule has 0 saturated heterocycles. The number of nitrogens with zero attached hydrogens (tertiary/aromatic N) is 1. The van der Waals surface area contributed by atoms with Crippen LogP contribution < -0.4 is 16.4 Å². The van der Waals surface area contributed by atoms with Crippen LogP contribution in [0.3, 0.4) is 0 Å². The van der Waals surface area contributed by atoms with Crippen molar-refractivity contribution in [3.8, 4) is 0 Å². The second kappa shape index (κ2) is 5.95. The Balaban J connectivity index is 2.45. The molecule has 1 heterocycles. The minimum atomic E-state index is -0.0522. The lowest BCUT2D eigenvalue weighted by Crippen LogP contribution is -2.30. The summed E-state index contributed by atoms with van der Waals surface area (Å²) in [6.45, 7) is 4.81. The van der Waals surface area contributed by atoms with E-state index in [9.17, 15) is 4.79 Å². The lowest BCUT2D eigenvalue weighted by molar-refractivity contribution is -0.119. The number of anilines is 2. The molecule has 1 aromatic rings. The maximum absolute atomic E-state index is 11.3. The molecule has 0 aliphatic heterocycles. The number of rotatable bonds is 5. The molecule has 88 valence electrons. The van der Waals surface area contributed by atoms with Gasteiger partial charge in [0, 0.05) is 12.7 Å². The zero-order valence-corrected chi connectivity index (χ0v) is 9.71. The highest BCUT2D eigenvalue weighted by Gasteiger charge is 2.03. The van der Waals surface area contributed by atoms with Crippen molar-refractivity contribution < 1.29 is 4.79 Å². The van der Waals surface area contributed by atoms with E-state index < -0.39 is 0 Å². The first-order valence-corrected chi connectivity index (χ1v) is 5.36. The van der Waals surface area contributed by atoms with Gasteiger partial charge >= 0.3 is 0 Å². The standard InChI is InChI=1S/C11H18N4O/c1-3-4-13-10(16)7-15-11-9(12)5-8(2)6-14-11/h5-6H,3-4,7,12H2,1-2H3,(H,13,16)(H,14,15). The Bertz CT molecular complexity index is 365. The summed E-state index contributed by atoms with van der Waals surface area (Å²) in [4.78, 5) is 15.4. The molecule has 5 nitrogen and oxygen atoms in total. The molecule has 0 bridgehead atoms. The van der Waals surface area contributed by atoms with E-state index in [4.69, 9.17) is 5.73 Å². The van der Waals surface area contributed by atoms with Gasteiger partial charge in [0.1, 0.15) is 5.82 Å². The topological polar surface area (TPSA) is 80.0 Å². The van der Waals surface area contributed by atoms with Crippen molar-refractivity contribution >= 4 is 17.4 Å². The second-order valence-electron chi connectivity index (χ2n) is 3.65. The van der Waals surface area contributed by atoms with Crippen LogP contribution >= 0.6 is 0 Å². The number of aryl methyl sites for hydroxylation is 1. The minimum Gasteiger partial charge on any atom is -0.396 e. The summed E-state index contributed by atoms with van der Waals surface area (Å²) in [6.07, 6.45) is 2.64. The van der Waals surface area contributed by atoms with Gasteiger partial charge in [-0.2, -0.15) is 0 Å². The molecule has 1 amide bonds. The number of nitrogens with one attached hydrogen (secondary N) is 2. The molecular weight excluding hydrogens is 204 g/mol. The van der Waals surface area contributed by atoms with Gasteiger partial charge in [0.25, 0.3) is 0 Å². The summed E-state index contributed by atoms with van der Waals surface area (Å²) in [5, 5.41) is 5.66. The van der Waals surface area contributed by atoms with Crippen LogP contribution in [0.4, 0.5) is 11.5 Å². The molecule has 0 fully saturated rings. The molecule has 1 rings (SSSR count). The summed E-state index contributed by atoms with van der Waals surface area (Å²) in [5.41, 5.74) is 7.31. The third-order valence-corrected chi connectivity index (χ3v) is 2.04. The van der Waals surface area contributed by atoms with Crippen molar-refractivity contribution in [1.29, 1.82) is 0 Å². The van der Waals surface area contributed by atoms with Gasteiger partial charge in [-0.1, -0.05) is 6.92 Å². The number of hydrogen-bond acceptors (Lipinski definition) is 4. The van der Waals surface area contributed by atoms with Crippen LogP contribution in [0.15, 0.2) is 12.3 Å². The predicted molar refractivity (Wildman–Crippen MR) is 65.2 cm³/mol. The van der Waals surface area contributed by atoms with Crippen LogP contribution in [0.25, 0.3) is 0 Å². The first-order chi connectivity index (χ1) is 7.63. The zero-order valence-electron chi connectivity index (χ0n) is 9.71. The number of amides is 1. The largest absolute Gasteiger partial charge is 0.396 e. The summed E-state index contributed by atoms with van der Waals surface area (Å²) in [6, 6.07) is 1.82. The monoisotopic (exact) mass is 222 g/mol. The van der Waals surface area contributed by atoms with Crippen LogP contribution in [0.1, 0.15) is 18.9 Å². The highest BCUT2D eigenvalue weighted by atomic mass is 16.1. The number of carbonyl (C=O) groups excluding carboxylic acids is 1. The maximum Gasteiger partial charge on any atom is 0.239 e. The van der Waals surface area contributed by atoms with Crippen LogP contribution in [-0.4, -0.2) is 24.0 Å². The first kappa shape index (κ1) is 12.3. The van der Waals surface area contributed by atoms with Crippen molar-refractivity contribution in [1.82, 2.24) is 10.3 Å².